The van der Waals surface area contributed by atoms with Crippen LogP contribution in [-0.4, -0.2) is 10.9 Å². The van der Waals surface area contributed by atoms with Gasteiger partial charge in [-0.25, -0.2) is 4.98 Å². The van der Waals surface area contributed by atoms with Crippen LogP contribution in [0.5, 0.6) is 0 Å². The van der Waals surface area contributed by atoms with Gasteiger partial charge in [-0.1, -0.05) is 6.42 Å². The summed E-state index contributed by atoms with van der Waals surface area (Å²) in [4.78, 5) is 15.5. The molecule has 0 aromatic carbocycles. The Kier molecular flexibility index (Phi) is 2.85. The number of nitrogens with one attached hydrogen (secondary N) is 1. The Morgan fingerprint density at radius 2 is 2.33 bits per heavy atom. The number of hydrogen-bond donors (Lipinski definition) is 2. The topological polar surface area (TPSA) is 68.0 Å². The minimum Gasteiger partial charge on any atom is -0.397 e. The van der Waals surface area contributed by atoms with E-state index < -0.39 is 0 Å². The third-order valence-corrected chi connectivity index (χ3v) is 2.75. The molecular weight excluding hydrogens is 190 g/mol. The highest BCUT2D eigenvalue weighted by Gasteiger charge is 2.20. The van der Waals surface area contributed by atoms with Crippen LogP contribution in [-0.2, 0) is 4.79 Å². The van der Waals surface area contributed by atoms with Gasteiger partial charge in [0.1, 0.15) is 5.82 Å². The number of amides is 1. The first-order valence-corrected chi connectivity index (χ1v) is 5.25. The minimum atomic E-state index is 0.0528. The summed E-state index contributed by atoms with van der Waals surface area (Å²) in [6.45, 7) is 0. The van der Waals surface area contributed by atoms with Crippen LogP contribution in [0.15, 0.2) is 18.3 Å². The zero-order chi connectivity index (χ0) is 10.7. The standard InChI is InChI=1S/C11H15N3O/c12-9-4-5-10(13-7-9)14-11(15)6-8-2-1-3-8/h4-5,7-8H,1-3,6,12H2,(H,13,14,15). The van der Waals surface area contributed by atoms with Crippen LogP contribution in [0.3, 0.4) is 0 Å². The third-order valence-electron chi connectivity index (χ3n) is 2.75. The Morgan fingerprint density at radius 1 is 1.53 bits per heavy atom. The van der Waals surface area contributed by atoms with Gasteiger partial charge in [-0.3, -0.25) is 4.79 Å². The number of carbonyl (C=O) groups is 1. The van der Waals surface area contributed by atoms with Crippen LogP contribution in [0, 0.1) is 5.92 Å². The molecule has 3 N–H and O–H groups in total. The summed E-state index contributed by atoms with van der Waals surface area (Å²) in [7, 11) is 0. The van der Waals surface area contributed by atoms with Crippen LogP contribution in [0.4, 0.5) is 11.5 Å². The fourth-order valence-corrected chi connectivity index (χ4v) is 1.63. The van der Waals surface area contributed by atoms with Crippen molar-refractivity contribution in [2.24, 2.45) is 5.92 Å². The molecule has 0 radical (unpaired) electrons. The number of nitrogens with two attached hydrogens (primary N) is 1. The quantitative estimate of drug-likeness (QED) is 0.790. The zero-order valence-corrected chi connectivity index (χ0v) is 8.57. The van der Waals surface area contributed by atoms with Crippen molar-refractivity contribution in [1.29, 1.82) is 0 Å². The Labute approximate surface area is 88.9 Å². The molecule has 1 aromatic heterocycles. The van der Waals surface area contributed by atoms with Crippen molar-refractivity contribution in [3.63, 3.8) is 0 Å². The Balaban J connectivity index is 1.84. The number of aromatic nitrogens is 1. The van der Waals surface area contributed by atoms with Gasteiger partial charge in [0, 0.05) is 6.42 Å². The monoisotopic (exact) mass is 205 g/mol. The zero-order valence-electron chi connectivity index (χ0n) is 8.57. The fourth-order valence-electron chi connectivity index (χ4n) is 1.63. The summed E-state index contributed by atoms with van der Waals surface area (Å²) < 4.78 is 0. The van der Waals surface area contributed by atoms with Gasteiger partial charge in [0.2, 0.25) is 5.91 Å². The summed E-state index contributed by atoms with van der Waals surface area (Å²) in [6.07, 6.45) is 5.79. The molecule has 0 atom stereocenters. The van der Waals surface area contributed by atoms with E-state index in [2.05, 4.69) is 10.3 Å². The molecule has 0 unspecified atom stereocenters. The van der Waals surface area contributed by atoms with E-state index in [4.69, 9.17) is 5.73 Å². The number of nitrogen functional groups attached to an aromatic ring is 1. The minimum absolute atomic E-state index is 0.0528. The van der Waals surface area contributed by atoms with Gasteiger partial charge in [-0.2, -0.15) is 0 Å². The van der Waals surface area contributed by atoms with Gasteiger partial charge in [-0.05, 0) is 30.9 Å². The number of nitrogens with zero attached hydrogens (tertiary/aromatic N) is 1. The largest absolute Gasteiger partial charge is 0.397 e. The molecule has 4 nitrogen and oxygen atoms in total. The molecule has 1 aliphatic rings. The molecule has 80 valence electrons. The van der Waals surface area contributed by atoms with Crippen molar-refractivity contribution < 1.29 is 4.79 Å². The van der Waals surface area contributed by atoms with Gasteiger partial charge >= 0.3 is 0 Å². The number of anilines is 2. The van der Waals surface area contributed by atoms with Gasteiger partial charge in [0.05, 0.1) is 11.9 Å². The van der Waals surface area contributed by atoms with Crippen molar-refractivity contribution in [2.75, 3.05) is 11.1 Å². The van der Waals surface area contributed by atoms with Crippen molar-refractivity contribution in [1.82, 2.24) is 4.98 Å². The molecule has 1 aliphatic carbocycles. The van der Waals surface area contributed by atoms with Gasteiger partial charge in [-0.15, -0.1) is 0 Å². The molecule has 2 rings (SSSR count). The molecular formula is C11H15N3O. The molecule has 1 aromatic rings. The van der Waals surface area contributed by atoms with E-state index in [9.17, 15) is 4.79 Å². The highest BCUT2D eigenvalue weighted by molar-refractivity contribution is 5.90. The molecule has 0 aliphatic heterocycles. The molecule has 1 fully saturated rings. The van der Waals surface area contributed by atoms with Crippen molar-refractivity contribution in [3.05, 3.63) is 18.3 Å². The molecule has 0 saturated heterocycles. The maximum absolute atomic E-state index is 11.5. The highest BCUT2D eigenvalue weighted by atomic mass is 16.1. The molecule has 1 saturated carbocycles. The second-order valence-electron chi connectivity index (χ2n) is 4.03. The average Bonchev–Trinajstić information content (AvgIpc) is 2.16. The molecule has 1 amide bonds. The van der Waals surface area contributed by atoms with Crippen LogP contribution in [0.2, 0.25) is 0 Å². The predicted molar refractivity (Wildman–Crippen MR) is 59.2 cm³/mol. The smallest absolute Gasteiger partial charge is 0.225 e. The summed E-state index contributed by atoms with van der Waals surface area (Å²) in [5.74, 6) is 1.21. The van der Waals surface area contributed by atoms with Crippen LogP contribution in [0.25, 0.3) is 0 Å². The molecule has 0 spiro atoms. The Hall–Kier alpha value is -1.58. The molecule has 4 heteroatoms. The summed E-state index contributed by atoms with van der Waals surface area (Å²) in [5, 5.41) is 2.76. The second kappa shape index (κ2) is 4.29. The summed E-state index contributed by atoms with van der Waals surface area (Å²) in [5.41, 5.74) is 6.10. The SMILES string of the molecule is Nc1ccc(NC(=O)CC2CCC2)nc1. The van der Waals surface area contributed by atoms with E-state index in [1.165, 1.54) is 19.3 Å². The van der Waals surface area contributed by atoms with E-state index >= 15 is 0 Å². The van der Waals surface area contributed by atoms with Gasteiger partial charge < -0.3 is 11.1 Å². The van der Waals surface area contributed by atoms with Crippen LogP contribution >= 0.6 is 0 Å². The van der Waals surface area contributed by atoms with Crippen LogP contribution < -0.4 is 11.1 Å². The fraction of sp³-hybridized carbons (Fsp3) is 0.455. The van der Waals surface area contributed by atoms with E-state index in [0.717, 1.165) is 0 Å². The Morgan fingerprint density at radius 3 is 2.87 bits per heavy atom. The lowest BCUT2D eigenvalue weighted by atomic mass is 9.83. The van der Waals surface area contributed by atoms with Crippen molar-refractivity contribution in [3.8, 4) is 0 Å². The number of carbonyl (C=O) groups excluding carboxylic acids is 1. The normalized spacial score (nSPS) is 15.7. The van der Waals surface area contributed by atoms with Gasteiger partial charge in [0.25, 0.3) is 0 Å². The highest BCUT2D eigenvalue weighted by Crippen LogP contribution is 2.29. The Bertz CT molecular complexity index is 343. The van der Waals surface area contributed by atoms with Crippen LogP contribution in [0.1, 0.15) is 25.7 Å². The number of pyridine rings is 1. The summed E-state index contributed by atoms with van der Waals surface area (Å²) >= 11 is 0. The third kappa shape index (κ3) is 2.68. The molecule has 1 heterocycles. The molecule has 0 bridgehead atoms. The number of hydrogen-bond acceptors (Lipinski definition) is 3. The van der Waals surface area contributed by atoms with E-state index in [0.29, 0.717) is 23.8 Å². The second-order valence-corrected chi connectivity index (χ2v) is 4.03. The van der Waals surface area contributed by atoms with Gasteiger partial charge in [0.15, 0.2) is 0 Å². The first-order valence-electron chi connectivity index (χ1n) is 5.25. The van der Waals surface area contributed by atoms with Crippen molar-refractivity contribution in [2.45, 2.75) is 25.7 Å². The number of rotatable bonds is 3. The summed E-state index contributed by atoms with van der Waals surface area (Å²) in [6, 6.07) is 3.44. The first-order chi connectivity index (χ1) is 7.24. The lowest BCUT2D eigenvalue weighted by Crippen LogP contribution is -2.21. The molecule has 15 heavy (non-hydrogen) atoms. The van der Waals surface area contributed by atoms with E-state index in [1.807, 2.05) is 0 Å². The average molecular weight is 205 g/mol. The maximum Gasteiger partial charge on any atom is 0.225 e. The first kappa shape index (κ1) is 9.96. The van der Waals surface area contributed by atoms with E-state index in [1.54, 1.807) is 18.3 Å². The lowest BCUT2D eigenvalue weighted by molar-refractivity contribution is -0.117. The predicted octanol–water partition coefficient (Wildman–Crippen LogP) is 1.79. The maximum atomic E-state index is 11.5. The van der Waals surface area contributed by atoms with Crippen molar-refractivity contribution >= 4 is 17.4 Å². The lowest BCUT2D eigenvalue weighted by Gasteiger charge is -2.24. The van der Waals surface area contributed by atoms with E-state index in [-0.39, 0.29) is 5.91 Å².